The summed E-state index contributed by atoms with van der Waals surface area (Å²) >= 11 is 4.99. The molecule has 0 saturated carbocycles. The van der Waals surface area contributed by atoms with Crippen molar-refractivity contribution in [2.24, 2.45) is 0 Å². The molecule has 1 aromatic carbocycles. The summed E-state index contributed by atoms with van der Waals surface area (Å²) in [4.78, 5) is 16.5. The third-order valence-corrected chi connectivity index (χ3v) is 5.08. The first-order valence-electron chi connectivity index (χ1n) is 6.77. The van der Waals surface area contributed by atoms with Gasteiger partial charge in [0.05, 0.1) is 0 Å². The summed E-state index contributed by atoms with van der Waals surface area (Å²) < 4.78 is 12.4. The van der Waals surface area contributed by atoms with Crippen LogP contribution in [0.5, 0.6) is 11.5 Å². The summed E-state index contributed by atoms with van der Waals surface area (Å²) in [6.45, 7) is 3.74. The number of rotatable bonds is 2. The number of nitrogens with one attached hydrogen (secondary N) is 1. The van der Waals surface area contributed by atoms with Gasteiger partial charge in [-0.3, -0.25) is 0 Å². The van der Waals surface area contributed by atoms with E-state index in [-0.39, 0.29) is 0 Å². The van der Waals surface area contributed by atoms with Crippen molar-refractivity contribution >= 4 is 44.7 Å². The zero-order chi connectivity index (χ0) is 16.2. The second kappa shape index (κ2) is 5.00. The van der Waals surface area contributed by atoms with E-state index in [1.807, 2.05) is 26.0 Å². The molecule has 4 rings (SSSR count). The lowest BCUT2D eigenvalue weighted by Gasteiger charge is -2.16. The van der Waals surface area contributed by atoms with Crippen molar-refractivity contribution in [2.45, 2.75) is 29.7 Å². The van der Waals surface area contributed by atoms with E-state index in [0.717, 1.165) is 9.37 Å². The minimum absolute atomic E-state index is 0.376. The second-order valence-corrected chi connectivity index (χ2v) is 7.32. The first-order valence-corrected chi connectivity index (χ1v) is 8.38. The Labute approximate surface area is 144 Å². The van der Waals surface area contributed by atoms with E-state index < -0.39 is 5.79 Å². The van der Waals surface area contributed by atoms with Crippen LogP contribution in [0, 0.1) is 0 Å². The number of H-pyrrole nitrogens is 1. The van der Waals surface area contributed by atoms with E-state index in [4.69, 9.17) is 15.2 Å². The summed E-state index contributed by atoms with van der Waals surface area (Å²) in [5, 5.41) is 0.672. The first kappa shape index (κ1) is 14.6. The van der Waals surface area contributed by atoms with E-state index >= 15 is 0 Å². The van der Waals surface area contributed by atoms with Crippen molar-refractivity contribution in [3.8, 4) is 11.5 Å². The highest BCUT2D eigenvalue weighted by Crippen LogP contribution is 2.45. The minimum atomic E-state index is -0.658. The fourth-order valence-electron chi connectivity index (χ4n) is 2.28. The molecule has 3 heterocycles. The van der Waals surface area contributed by atoms with Gasteiger partial charge in [-0.2, -0.15) is 0 Å². The second-order valence-electron chi connectivity index (χ2n) is 5.43. The van der Waals surface area contributed by atoms with Gasteiger partial charge in [0, 0.05) is 23.2 Å². The van der Waals surface area contributed by atoms with Crippen molar-refractivity contribution in [1.82, 2.24) is 19.9 Å². The summed E-state index contributed by atoms with van der Waals surface area (Å²) in [5.41, 5.74) is 6.99. The molecule has 1 aliphatic rings. The van der Waals surface area contributed by atoms with E-state index in [2.05, 4.69) is 35.9 Å². The van der Waals surface area contributed by atoms with Gasteiger partial charge in [0.25, 0.3) is 0 Å². The van der Waals surface area contributed by atoms with Crippen molar-refractivity contribution < 1.29 is 9.47 Å². The third-order valence-electron chi connectivity index (χ3n) is 3.21. The molecule has 2 aromatic heterocycles. The molecule has 0 amide bonds. The molecule has 0 atom stereocenters. The summed E-state index contributed by atoms with van der Waals surface area (Å²) in [5.74, 6) is 1.14. The molecule has 7 nitrogen and oxygen atoms in total. The SMILES string of the molecule is CC1(C)Oc2cc(Br)c(Sc3nc4ncnc(N)c4[nH]3)cc2O1. The lowest BCUT2D eigenvalue weighted by molar-refractivity contribution is -0.0432. The number of fused-ring (bicyclic) bond motifs is 2. The zero-order valence-electron chi connectivity index (χ0n) is 12.3. The number of anilines is 1. The Kier molecular flexibility index (Phi) is 3.17. The molecule has 3 aromatic rings. The quantitative estimate of drug-likeness (QED) is 0.688. The molecule has 0 unspecified atom stereocenters. The van der Waals surface area contributed by atoms with Crippen LogP contribution in [-0.2, 0) is 0 Å². The van der Waals surface area contributed by atoms with E-state index in [1.165, 1.54) is 18.1 Å². The first-order chi connectivity index (χ1) is 10.9. The Hall–Kier alpha value is -2.00. The molecule has 118 valence electrons. The van der Waals surface area contributed by atoms with E-state index in [9.17, 15) is 0 Å². The number of hydrogen-bond acceptors (Lipinski definition) is 7. The average Bonchev–Trinajstić information content (AvgIpc) is 2.99. The van der Waals surface area contributed by atoms with Gasteiger partial charge in [-0.25, -0.2) is 15.0 Å². The van der Waals surface area contributed by atoms with Crippen molar-refractivity contribution in [1.29, 1.82) is 0 Å². The number of imidazole rings is 1. The summed E-state index contributed by atoms with van der Waals surface area (Å²) in [6.07, 6.45) is 1.39. The van der Waals surface area contributed by atoms with Crippen LogP contribution in [0.15, 0.2) is 33.0 Å². The molecule has 3 N–H and O–H groups in total. The maximum atomic E-state index is 5.82. The Morgan fingerprint density at radius 3 is 2.70 bits per heavy atom. The predicted octanol–water partition coefficient (Wildman–Crippen LogP) is 3.36. The molecule has 0 spiro atoms. The molecular formula is C14H12BrN5O2S. The van der Waals surface area contributed by atoms with Gasteiger partial charge in [-0.1, -0.05) is 11.8 Å². The topological polar surface area (TPSA) is 98.9 Å². The Bertz CT molecular complexity index is 927. The molecule has 9 heteroatoms. The van der Waals surface area contributed by atoms with Gasteiger partial charge in [-0.15, -0.1) is 0 Å². The van der Waals surface area contributed by atoms with Crippen LogP contribution in [0.1, 0.15) is 13.8 Å². The van der Waals surface area contributed by atoms with Crippen LogP contribution in [0.3, 0.4) is 0 Å². The van der Waals surface area contributed by atoms with Crippen molar-refractivity contribution in [3.05, 3.63) is 22.9 Å². The van der Waals surface area contributed by atoms with Gasteiger partial charge in [0.2, 0.25) is 5.79 Å². The van der Waals surface area contributed by atoms with Crippen LogP contribution < -0.4 is 15.2 Å². The Morgan fingerprint density at radius 2 is 1.96 bits per heavy atom. The number of ether oxygens (including phenoxy) is 2. The third kappa shape index (κ3) is 2.59. The van der Waals surface area contributed by atoms with Gasteiger partial charge < -0.3 is 20.2 Å². The average molecular weight is 394 g/mol. The Balaban J connectivity index is 1.70. The minimum Gasteiger partial charge on any atom is -0.449 e. The van der Waals surface area contributed by atoms with Gasteiger partial charge in [-0.05, 0) is 28.1 Å². The zero-order valence-corrected chi connectivity index (χ0v) is 14.7. The number of nitrogen functional groups attached to an aromatic ring is 1. The number of hydrogen-bond donors (Lipinski definition) is 2. The van der Waals surface area contributed by atoms with Crippen molar-refractivity contribution in [3.63, 3.8) is 0 Å². The molecule has 0 bridgehead atoms. The largest absolute Gasteiger partial charge is 0.449 e. The monoisotopic (exact) mass is 393 g/mol. The van der Waals surface area contributed by atoms with Crippen molar-refractivity contribution in [2.75, 3.05) is 5.73 Å². The maximum absolute atomic E-state index is 5.82. The van der Waals surface area contributed by atoms with E-state index in [1.54, 1.807) is 0 Å². The van der Waals surface area contributed by atoms with Crippen LogP contribution in [-0.4, -0.2) is 25.7 Å². The number of nitrogens with zero attached hydrogens (tertiary/aromatic N) is 3. The molecule has 23 heavy (non-hydrogen) atoms. The fraction of sp³-hybridized carbons (Fsp3) is 0.214. The molecule has 0 aliphatic carbocycles. The van der Waals surface area contributed by atoms with Crippen LogP contribution in [0.2, 0.25) is 0 Å². The van der Waals surface area contributed by atoms with Gasteiger partial charge in [0.15, 0.2) is 28.1 Å². The normalized spacial score (nSPS) is 15.3. The standard InChI is InChI=1S/C14H12BrN5O2S/c1-14(2)21-7-3-6(15)9(4-8(7)22-14)23-13-19-10-11(16)17-5-18-12(10)20-13/h3-5H,1-2H3,(H3,16,17,18,19,20). The highest BCUT2D eigenvalue weighted by Gasteiger charge is 2.32. The van der Waals surface area contributed by atoms with Gasteiger partial charge in [0.1, 0.15) is 11.8 Å². The van der Waals surface area contributed by atoms with Crippen LogP contribution >= 0.6 is 27.7 Å². The number of halogens is 1. The molecule has 0 radical (unpaired) electrons. The number of aromatic amines is 1. The molecule has 0 saturated heterocycles. The number of aromatic nitrogens is 4. The molecule has 0 fully saturated rings. The molecular weight excluding hydrogens is 382 g/mol. The molecule has 1 aliphatic heterocycles. The maximum Gasteiger partial charge on any atom is 0.246 e. The summed E-state index contributed by atoms with van der Waals surface area (Å²) in [6, 6.07) is 3.81. The van der Waals surface area contributed by atoms with Crippen LogP contribution in [0.4, 0.5) is 5.82 Å². The lowest BCUT2D eigenvalue weighted by Crippen LogP contribution is -2.29. The van der Waals surface area contributed by atoms with Crippen LogP contribution in [0.25, 0.3) is 11.2 Å². The van der Waals surface area contributed by atoms with E-state index in [0.29, 0.717) is 33.6 Å². The predicted molar refractivity (Wildman–Crippen MR) is 89.7 cm³/mol. The van der Waals surface area contributed by atoms with Gasteiger partial charge >= 0.3 is 0 Å². The lowest BCUT2D eigenvalue weighted by atomic mass is 10.3. The number of nitrogens with two attached hydrogens (primary N) is 1. The smallest absolute Gasteiger partial charge is 0.246 e. The Morgan fingerprint density at radius 1 is 1.22 bits per heavy atom. The highest BCUT2D eigenvalue weighted by atomic mass is 79.9. The highest BCUT2D eigenvalue weighted by molar-refractivity contribution is 9.10. The fourth-order valence-corrected chi connectivity index (χ4v) is 3.66. The number of benzene rings is 1. The summed E-state index contributed by atoms with van der Waals surface area (Å²) in [7, 11) is 0.